The Morgan fingerprint density at radius 1 is 1.64 bits per heavy atom. The van der Waals surface area contributed by atoms with E-state index in [9.17, 15) is 4.79 Å². The van der Waals surface area contributed by atoms with Gasteiger partial charge in [-0.15, -0.1) is 0 Å². The zero-order valence-corrected chi connectivity index (χ0v) is 9.22. The number of aliphatic hydroxyl groups is 2. The number of Topliss-reactive ketones (excluding diaryl/α,β-unsaturated/α-hetero) is 1. The Labute approximate surface area is 82.0 Å². The third-order valence-corrected chi connectivity index (χ3v) is 1.94. The first-order valence-corrected chi connectivity index (χ1v) is 4.80. The quantitative estimate of drug-likeness (QED) is 0.764. The fourth-order valence-electron chi connectivity index (χ4n) is 0.605. The van der Waals surface area contributed by atoms with Gasteiger partial charge in [-0.2, -0.15) is 0 Å². The number of halogens is 2. The number of hydrogen-bond acceptors (Lipinski definition) is 3. The van der Waals surface area contributed by atoms with Gasteiger partial charge >= 0.3 is 0 Å². The second kappa shape index (κ2) is 4.54. The molecule has 5 heteroatoms. The molecule has 0 aliphatic rings. The van der Waals surface area contributed by atoms with Crippen LogP contribution < -0.4 is 0 Å². The third kappa shape index (κ3) is 4.20. The molecule has 0 spiro atoms. The summed E-state index contributed by atoms with van der Waals surface area (Å²) >= 11 is 5.35. The van der Waals surface area contributed by atoms with E-state index in [0.717, 1.165) is 0 Å². The van der Waals surface area contributed by atoms with Crippen LogP contribution in [0.3, 0.4) is 0 Å². The molecule has 11 heavy (non-hydrogen) atoms. The van der Waals surface area contributed by atoms with Gasteiger partial charge < -0.3 is 10.2 Å². The molecule has 0 amide bonds. The van der Waals surface area contributed by atoms with Crippen molar-refractivity contribution in [2.45, 2.75) is 29.3 Å². The summed E-state index contributed by atoms with van der Waals surface area (Å²) in [5.41, 5.74) is 0. The summed E-state index contributed by atoms with van der Waals surface area (Å²) in [4.78, 5) is 11.0. The van der Waals surface area contributed by atoms with E-state index in [1.54, 1.807) is 0 Å². The summed E-state index contributed by atoms with van der Waals surface area (Å²) in [6.07, 6.45) is -0.0508. The zero-order valence-electron chi connectivity index (χ0n) is 6.05. The number of alkyl halides is 2. The van der Waals surface area contributed by atoms with Crippen LogP contribution in [0, 0.1) is 0 Å². The van der Waals surface area contributed by atoms with E-state index >= 15 is 0 Å². The first-order chi connectivity index (χ1) is 4.89. The number of carbonyl (C=O) groups is 1. The summed E-state index contributed by atoms with van der Waals surface area (Å²) < 4.78 is -1.78. The van der Waals surface area contributed by atoms with Gasteiger partial charge in [-0.05, 0) is 38.3 Å². The molecule has 0 bridgehead atoms. The van der Waals surface area contributed by atoms with Crippen molar-refractivity contribution in [3.05, 3.63) is 0 Å². The van der Waals surface area contributed by atoms with Crippen molar-refractivity contribution >= 4 is 37.6 Å². The Morgan fingerprint density at radius 3 is 2.36 bits per heavy atom. The maximum atomic E-state index is 11.0. The Bertz CT molecular complexity index is 141. The topological polar surface area (TPSA) is 57.5 Å². The van der Waals surface area contributed by atoms with Crippen molar-refractivity contribution < 1.29 is 15.0 Å². The van der Waals surface area contributed by atoms with E-state index in [2.05, 4.69) is 31.9 Å². The van der Waals surface area contributed by atoms with Crippen LogP contribution in [-0.4, -0.2) is 25.5 Å². The van der Waals surface area contributed by atoms with Crippen LogP contribution >= 0.6 is 31.9 Å². The molecule has 1 atom stereocenters. The van der Waals surface area contributed by atoms with Crippen LogP contribution in [0.2, 0.25) is 0 Å². The summed E-state index contributed by atoms with van der Waals surface area (Å²) in [5.74, 6) is -0.667. The molecule has 2 N–H and O–H groups in total. The van der Waals surface area contributed by atoms with Crippen molar-refractivity contribution in [1.82, 2.24) is 0 Å². The Hall–Kier alpha value is 0.550. The molecule has 0 saturated heterocycles. The Kier molecular flexibility index (Phi) is 4.77. The third-order valence-electron chi connectivity index (χ3n) is 1.16. The number of aliphatic hydroxyl groups excluding tert-OH is 1. The number of carbonyl (C=O) groups excluding carboxylic acids is 1. The normalized spacial score (nSPS) is 14.6. The lowest BCUT2D eigenvalue weighted by Crippen LogP contribution is -2.34. The minimum absolute atomic E-state index is 0.359. The second-order valence-corrected chi connectivity index (χ2v) is 5.57. The highest BCUT2D eigenvalue weighted by molar-refractivity contribution is 9.25. The molecular formula is C6H10Br2O3. The highest BCUT2D eigenvalue weighted by Gasteiger charge is 2.33. The molecule has 3 nitrogen and oxygen atoms in total. The predicted molar refractivity (Wildman–Crippen MR) is 48.7 cm³/mol. The van der Waals surface area contributed by atoms with Crippen LogP contribution in [0.25, 0.3) is 0 Å². The first kappa shape index (κ1) is 11.6. The van der Waals surface area contributed by atoms with Crippen LogP contribution in [-0.2, 0) is 4.79 Å². The zero-order chi connectivity index (χ0) is 9.07. The monoisotopic (exact) mass is 288 g/mol. The van der Waals surface area contributed by atoms with E-state index in [0.29, 0.717) is 12.8 Å². The van der Waals surface area contributed by atoms with Gasteiger partial charge in [-0.25, -0.2) is 0 Å². The highest BCUT2D eigenvalue weighted by Crippen LogP contribution is 2.25. The smallest absolute Gasteiger partial charge is 0.237 e. The summed E-state index contributed by atoms with van der Waals surface area (Å²) in [6, 6.07) is 0. The minimum atomic E-state index is -1.78. The predicted octanol–water partition coefficient (Wildman–Crippen LogP) is 1.15. The van der Waals surface area contributed by atoms with Crippen LogP contribution in [0.1, 0.15) is 19.8 Å². The molecule has 0 aromatic carbocycles. The van der Waals surface area contributed by atoms with Gasteiger partial charge in [0.1, 0.15) is 6.10 Å². The first-order valence-electron chi connectivity index (χ1n) is 3.22. The number of rotatable bonds is 4. The molecule has 0 saturated carbocycles. The molecule has 0 aliphatic heterocycles. The molecule has 0 aromatic rings. The standard InChI is InChI=1S/C6H10Br2O3/c1-2-3-4(9)5(10)6(7,8)11/h4,9,11H,2-3H2,1H3. The average molecular weight is 290 g/mol. The van der Waals surface area contributed by atoms with Crippen LogP contribution in [0.5, 0.6) is 0 Å². The largest absolute Gasteiger partial charge is 0.385 e. The lowest BCUT2D eigenvalue weighted by Gasteiger charge is -2.15. The van der Waals surface area contributed by atoms with Gasteiger partial charge in [-0.3, -0.25) is 4.79 Å². The fraction of sp³-hybridized carbons (Fsp3) is 0.833. The van der Waals surface area contributed by atoms with Gasteiger partial charge in [-0.1, -0.05) is 13.3 Å². The molecule has 0 rings (SSSR count). The van der Waals surface area contributed by atoms with Gasteiger partial charge in [0.15, 0.2) is 0 Å². The van der Waals surface area contributed by atoms with E-state index in [1.165, 1.54) is 0 Å². The Morgan fingerprint density at radius 2 is 2.09 bits per heavy atom. The minimum Gasteiger partial charge on any atom is -0.385 e. The van der Waals surface area contributed by atoms with E-state index in [1.807, 2.05) is 6.92 Å². The van der Waals surface area contributed by atoms with Gasteiger partial charge in [0.25, 0.3) is 0 Å². The Balaban J connectivity index is 4.03. The molecule has 0 heterocycles. The van der Waals surface area contributed by atoms with E-state index in [-0.39, 0.29) is 0 Å². The molecule has 0 aliphatic carbocycles. The van der Waals surface area contributed by atoms with E-state index in [4.69, 9.17) is 10.2 Å². The van der Waals surface area contributed by atoms with Crippen molar-refractivity contribution in [1.29, 1.82) is 0 Å². The van der Waals surface area contributed by atoms with Crippen LogP contribution in [0.15, 0.2) is 0 Å². The fourth-order valence-corrected chi connectivity index (χ4v) is 1.13. The van der Waals surface area contributed by atoms with Crippen molar-refractivity contribution in [2.24, 2.45) is 0 Å². The molecular weight excluding hydrogens is 280 g/mol. The van der Waals surface area contributed by atoms with Gasteiger partial charge in [0, 0.05) is 0 Å². The molecule has 0 radical (unpaired) electrons. The number of ketones is 1. The second-order valence-electron chi connectivity index (χ2n) is 2.21. The highest BCUT2D eigenvalue weighted by atomic mass is 79.9. The van der Waals surface area contributed by atoms with Gasteiger partial charge in [0.2, 0.25) is 9.20 Å². The lowest BCUT2D eigenvalue weighted by molar-refractivity contribution is -0.132. The van der Waals surface area contributed by atoms with Crippen molar-refractivity contribution in [3.63, 3.8) is 0 Å². The maximum absolute atomic E-state index is 11.0. The SMILES string of the molecule is CCCC(O)C(=O)C(O)(Br)Br. The van der Waals surface area contributed by atoms with Gasteiger partial charge in [0.05, 0.1) is 0 Å². The molecule has 1 unspecified atom stereocenters. The molecule has 66 valence electrons. The van der Waals surface area contributed by atoms with Crippen molar-refractivity contribution in [3.8, 4) is 0 Å². The van der Waals surface area contributed by atoms with Crippen molar-refractivity contribution in [2.75, 3.05) is 0 Å². The molecule has 0 aromatic heterocycles. The summed E-state index contributed by atoms with van der Waals surface area (Å²) in [5, 5.41) is 18.1. The lowest BCUT2D eigenvalue weighted by atomic mass is 10.1. The number of hydrogen-bond donors (Lipinski definition) is 2. The van der Waals surface area contributed by atoms with E-state index < -0.39 is 15.3 Å². The summed E-state index contributed by atoms with van der Waals surface area (Å²) in [7, 11) is 0. The molecule has 0 fully saturated rings. The van der Waals surface area contributed by atoms with Crippen LogP contribution in [0.4, 0.5) is 0 Å². The maximum Gasteiger partial charge on any atom is 0.237 e. The summed E-state index contributed by atoms with van der Waals surface area (Å²) in [6.45, 7) is 1.85. The average Bonchev–Trinajstić information content (AvgIpc) is 1.85.